The van der Waals surface area contributed by atoms with Crippen LogP contribution in [0.25, 0.3) is 0 Å². The number of rotatable bonds is 6. The molecule has 2 aromatic rings. The van der Waals surface area contributed by atoms with Gasteiger partial charge in [-0.2, -0.15) is 0 Å². The van der Waals surface area contributed by atoms with Gasteiger partial charge in [0.15, 0.2) is 0 Å². The van der Waals surface area contributed by atoms with E-state index in [0.29, 0.717) is 36.9 Å². The molecule has 1 heterocycles. The van der Waals surface area contributed by atoms with Crippen LogP contribution in [-0.2, 0) is 4.74 Å². The highest BCUT2D eigenvalue weighted by Gasteiger charge is 2.17. The fourth-order valence-corrected chi connectivity index (χ4v) is 2.91. The van der Waals surface area contributed by atoms with Gasteiger partial charge in [0, 0.05) is 24.7 Å². The maximum atomic E-state index is 12.8. The molecule has 0 atom stereocenters. The van der Waals surface area contributed by atoms with Gasteiger partial charge >= 0.3 is 0 Å². The van der Waals surface area contributed by atoms with E-state index in [4.69, 9.17) is 14.2 Å². The summed E-state index contributed by atoms with van der Waals surface area (Å²) < 4.78 is 16.2. The standard InChI is InChI=1S/C20H24N2O4/c1-3-26-17-6-4-5-15(13-17)20(23)21-18-14-16(24-2)7-8-19(18)22-9-11-25-12-10-22/h4-8,13-14H,3,9-12H2,1-2H3,(H,21,23). The van der Waals surface area contributed by atoms with E-state index < -0.39 is 0 Å². The van der Waals surface area contributed by atoms with Crippen molar-refractivity contribution < 1.29 is 19.0 Å². The third-order valence-corrected chi connectivity index (χ3v) is 4.21. The molecule has 0 unspecified atom stereocenters. The largest absolute Gasteiger partial charge is 0.497 e. The van der Waals surface area contributed by atoms with Crippen LogP contribution in [0.5, 0.6) is 11.5 Å². The smallest absolute Gasteiger partial charge is 0.255 e. The molecular formula is C20H24N2O4. The average Bonchev–Trinajstić information content (AvgIpc) is 2.69. The van der Waals surface area contributed by atoms with Gasteiger partial charge in [0.2, 0.25) is 0 Å². The number of carbonyl (C=O) groups excluding carboxylic acids is 1. The summed E-state index contributed by atoms with van der Waals surface area (Å²) in [5, 5.41) is 3.01. The van der Waals surface area contributed by atoms with E-state index in [0.717, 1.165) is 24.5 Å². The van der Waals surface area contributed by atoms with Gasteiger partial charge < -0.3 is 24.4 Å². The maximum Gasteiger partial charge on any atom is 0.255 e. The van der Waals surface area contributed by atoms with Crippen LogP contribution in [0.4, 0.5) is 11.4 Å². The first-order valence-electron chi connectivity index (χ1n) is 8.76. The minimum atomic E-state index is -0.186. The molecule has 6 nitrogen and oxygen atoms in total. The number of benzene rings is 2. The highest BCUT2D eigenvalue weighted by molar-refractivity contribution is 6.06. The first kappa shape index (κ1) is 18.1. The van der Waals surface area contributed by atoms with Crippen LogP contribution in [0.3, 0.4) is 0 Å². The van der Waals surface area contributed by atoms with Crippen molar-refractivity contribution in [2.45, 2.75) is 6.92 Å². The summed E-state index contributed by atoms with van der Waals surface area (Å²) in [5.74, 6) is 1.19. The van der Waals surface area contributed by atoms with Crippen LogP contribution in [0.15, 0.2) is 42.5 Å². The van der Waals surface area contributed by atoms with E-state index in [-0.39, 0.29) is 5.91 Å². The first-order chi connectivity index (χ1) is 12.7. The summed E-state index contributed by atoms with van der Waals surface area (Å²) in [6.07, 6.45) is 0. The fourth-order valence-electron chi connectivity index (χ4n) is 2.91. The lowest BCUT2D eigenvalue weighted by Crippen LogP contribution is -2.36. The molecule has 1 aliphatic rings. The van der Waals surface area contributed by atoms with E-state index in [1.54, 1.807) is 19.2 Å². The van der Waals surface area contributed by atoms with Gasteiger partial charge in [-0.25, -0.2) is 0 Å². The van der Waals surface area contributed by atoms with Crippen LogP contribution < -0.4 is 19.7 Å². The number of hydrogen-bond acceptors (Lipinski definition) is 5. The number of carbonyl (C=O) groups is 1. The minimum absolute atomic E-state index is 0.186. The Hall–Kier alpha value is -2.73. The zero-order chi connectivity index (χ0) is 18.4. The van der Waals surface area contributed by atoms with Gasteiger partial charge in [-0.15, -0.1) is 0 Å². The molecule has 0 bridgehead atoms. The van der Waals surface area contributed by atoms with Crippen LogP contribution in [-0.4, -0.2) is 45.9 Å². The van der Waals surface area contributed by atoms with E-state index >= 15 is 0 Å². The lowest BCUT2D eigenvalue weighted by Gasteiger charge is -2.30. The van der Waals surface area contributed by atoms with Gasteiger partial charge in [0.1, 0.15) is 11.5 Å². The van der Waals surface area contributed by atoms with E-state index in [9.17, 15) is 4.79 Å². The lowest BCUT2D eigenvalue weighted by atomic mass is 10.1. The molecule has 26 heavy (non-hydrogen) atoms. The van der Waals surface area contributed by atoms with Gasteiger partial charge in [-0.05, 0) is 37.3 Å². The molecule has 6 heteroatoms. The number of hydrogen-bond donors (Lipinski definition) is 1. The average molecular weight is 356 g/mol. The number of ether oxygens (including phenoxy) is 3. The lowest BCUT2D eigenvalue weighted by molar-refractivity contribution is 0.102. The maximum absolute atomic E-state index is 12.8. The number of nitrogens with one attached hydrogen (secondary N) is 1. The number of methoxy groups -OCH3 is 1. The first-order valence-corrected chi connectivity index (χ1v) is 8.76. The van der Waals surface area contributed by atoms with Crippen LogP contribution >= 0.6 is 0 Å². The molecule has 1 amide bonds. The molecule has 0 radical (unpaired) electrons. The summed E-state index contributed by atoms with van der Waals surface area (Å²) in [6, 6.07) is 12.9. The highest BCUT2D eigenvalue weighted by atomic mass is 16.5. The Bertz CT molecular complexity index is 757. The molecule has 2 aromatic carbocycles. The molecule has 1 aliphatic heterocycles. The molecule has 0 aliphatic carbocycles. The van der Waals surface area contributed by atoms with Gasteiger partial charge in [-0.3, -0.25) is 4.79 Å². The molecule has 1 saturated heterocycles. The Morgan fingerprint density at radius 2 is 1.96 bits per heavy atom. The monoisotopic (exact) mass is 356 g/mol. The SMILES string of the molecule is CCOc1cccc(C(=O)Nc2cc(OC)ccc2N2CCOCC2)c1. The van der Waals surface area contributed by atoms with Crippen molar-refractivity contribution in [2.24, 2.45) is 0 Å². The molecule has 1 fully saturated rings. The van der Waals surface area contributed by atoms with E-state index in [1.165, 1.54) is 0 Å². The second-order valence-corrected chi connectivity index (χ2v) is 5.90. The predicted octanol–water partition coefficient (Wildman–Crippen LogP) is 3.18. The summed E-state index contributed by atoms with van der Waals surface area (Å²) in [5.41, 5.74) is 2.23. The van der Waals surface area contributed by atoms with E-state index in [1.807, 2.05) is 37.3 Å². The normalized spacial score (nSPS) is 14.0. The minimum Gasteiger partial charge on any atom is -0.497 e. The number of nitrogens with zero attached hydrogens (tertiary/aromatic N) is 1. The zero-order valence-corrected chi connectivity index (χ0v) is 15.2. The summed E-state index contributed by atoms with van der Waals surface area (Å²) in [6.45, 7) is 5.40. The van der Waals surface area contributed by atoms with Crippen molar-refractivity contribution in [3.05, 3.63) is 48.0 Å². The summed E-state index contributed by atoms with van der Waals surface area (Å²) in [4.78, 5) is 15.0. The molecule has 0 aromatic heterocycles. The Labute approximate surface area is 153 Å². The second kappa shape index (κ2) is 8.58. The van der Waals surface area contributed by atoms with Gasteiger partial charge in [0.25, 0.3) is 5.91 Å². The Morgan fingerprint density at radius 1 is 1.15 bits per heavy atom. The quantitative estimate of drug-likeness (QED) is 0.861. The number of amides is 1. The Balaban J connectivity index is 1.85. The van der Waals surface area contributed by atoms with E-state index in [2.05, 4.69) is 10.2 Å². The summed E-state index contributed by atoms with van der Waals surface area (Å²) in [7, 11) is 1.61. The van der Waals surface area contributed by atoms with Crippen LogP contribution in [0.2, 0.25) is 0 Å². The van der Waals surface area contributed by atoms with Crippen molar-refractivity contribution in [2.75, 3.05) is 50.2 Å². The predicted molar refractivity (Wildman–Crippen MR) is 102 cm³/mol. The topological polar surface area (TPSA) is 60.0 Å². The van der Waals surface area contributed by atoms with Crippen LogP contribution in [0, 0.1) is 0 Å². The highest BCUT2D eigenvalue weighted by Crippen LogP contribution is 2.31. The second-order valence-electron chi connectivity index (χ2n) is 5.90. The zero-order valence-electron chi connectivity index (χ0n) is 15.2. The van der Waals surface area contributed by atoms with Crippen LogP contribution in [0.1, 0.15) is 17.3 Å². The third-order valence-electron chi connectivity index (χ3n) is 4.21. The molecular weight excluding hydrogens is 332 g/mol. The molecule has 138 valence electrons. The number of anilines is 2. The Kier molecular flexibility index (Phi) is 5.96. The van der Waals surface area contributed by atoms with Gasteiger partial charge in [0.05, 0.1) is 38.3 Å². The molecule has 3 rings (SSSR count). The third kappa shape index (κ3) is 4.26. The Morgan fingerprint density at radius 3 is 2.69 bits per heavy atom. The van der Waals surface area contributed by atoms with Gasteiger partial charge in [-0.1, -0.05) is 6.07 Å². The van der Waals surface area contributed by atoms with Crippen molar-refractivity contribution in [1.29, 1.82) is 0 Å². The van der Waals surface area contributed by atoms with Crippen molar-refractivity contribution in [1.82, 2.24) is 0 Å². The molecule has 1 N–H and O–H groups in total. The molecule has 0 spiro atoms. The molecule has 0 saturated carbocycles. The van der Waals surface area contributed by atoms with Crippen molar-refractivity contribution in [3.63, 3.8) is 0 Å². The summed E-state index contributed by atoms with van der Waals surface area (Å²) >= 11 is 0. The number of morpholine rings is 1. The van der Waals surface area contributed by atoms with Crippen molar-refractivity contribution in [3.8, 4) is 11.5 Å². The fraction of sp³-hybridized carbons (Fsp3) is 0.350. The van der Waals surface area contributed by atoms with Crippen molar-refractivity contribution >= 4 is 17.3 Å².